The van der Waals surface area contributed by atoms with Crippen molar-refractivity contribution < 1.29 is 14.3 Å². The van der Waals surface area contributed by atoms with Crippen LogP contribution in [0.3, 0.4) is 0 Å². The molecule has 142 valence electrons. The Morgan fingerprint density at radius 3 is 2.11 bits per heavy atom. The molecule has 1 heterocycles. The molecule has 0 radical (unpaired) electrons. The lowest BCUT2D eigenvalue weighted by molar-refractivity contribution is 0.0600. The molecule has 4 heteroatoms. The van der Waals surface area contributed by atoms with Crippen LogP contribution in [0, 0.1) is 20.8 Å². The second-order valence-electron chi connectivity index (χ2n) is 6.76. The highest BCUT2D eigenvalue weighted by Crippen LogP contribution is 2.22. The molecule has 0 N–H and O–H groups in total. The predicted molar refractivity (Wildman–Crippen MR) is 111 cm³/mol. The van der Waals surface area contributed by atoms with E-state index in [4.69, 9.17) is 4.74 Å². The van der Waals surface area contributed by atoms with Crippen LogP contribution in [0.1, 0.15) is 43.2 Å². The van der Waals surface area contributed by atoms with Crippen molar-refractivity contribution in [2.24, 2.45) is 0 Å². The summed E-state index contributed by atoms with van der Waals surface area (Å²) in [6, 6.07) is 16.9. The molecule has 0 fully saturated rings. The van der Waals surface area contributed by atoms with Crippen LogP contribution in [-0.4, -0.2) is 23.4 Å². The van der Waals surface area contributed by atoms with Crippen LogP contribution in [0.5, 0.6) is 0 Å². The third-order valence-electron chi connectivity index (χ3n) is 4.77. The van der Waals surface area contributed by atoms with Gasteiger partial charge in [-0.15, -0.1) is 0 Å². The molecule has 0 atom stereocenters. The second kappa shape index (κ2) is 8.09. The fourth-order valence-corrected chi connectivity index (χ4v) is 3.20. The summed E-state index contributed by atoms with van der Waals surface area (Å²) in [5.41, 5.74) is 6.32. The highest BCUT2D eigenvalue weighted by Gasteiger charge is 2.11. The summed E-state index contributed by atoms with van der Waals surface area (Å²) in [7, 11) is 1.37. The summed E-state index contributed by atoms with van der Waals surface area (Å²) in [5, 5.41) is 0. The Hall–Kier alpha value is -3.40. The van der Waals surface area contributed by atoms with E-state index in [2.05, 4.69) is 4.57 Å². The van der Waals surface area contributed by atoms with E-state index in [1.54, 1.807) is 18.2 Å². The van der Waals surface area contributed by atoms with Gasteiger partial charge in [0.05, 0.1) is 12.7 Å². The van der Waals surface area contributed by atoms with E-state index in [9.17, 15) is 9.59 Å². The summed E-state index contributed by atoms with van der Waals surface area (Å²) >= 11 is 0. The van der Waals surface area contributed by atoms with Gasteiger partial charge in [-0.25, -0.2) is 4.79 Å². The number of benzene rings is 2. The first-order valence-electron chi connectivity index (χ1n) is 9.07. The molecule has 0 bridgehead atoms. The van der Waals surface area contributed by atoms with Gasteiger partial charge in [0, 0.05) is 22.6 Å². The van der Waals surface area contributed by atoms with Crippen LogP contribution in [0.15, 0.2) is 60.7 Å². The van der Waals surface area contributed by atoms with Gasteiger partial charge >= 0.3 is 5.97 Å². The zero-order valence-corrected chi connectivity index (χ0v) is 16.5. The lowest BCUT2D eigenvalue weighted by Gasteiger charge is -2.10. The molecule has 0 saturated heterocycles. The molecule has 1 aromatic heterocycles. The van der Waals surface area contributed by atoms with Gasteiger partial charge in [0.1, 0.15) is 0 Å². The number of aryl methyl sites for hydroxylation is 2. The van der Waals surface area contributed by atoms with Gasteiger partial charge in [0.2, 0.25) is 0 Å². The first-order chi connectivity index (χ1) is 13.4. The molecule has 0 aliphatic rings. The number of hydrogen-bond donors (Lipinski definition) is 0. The number of methoxy groups -OCH3 is 1. The fourth-order valence-electron chi connectivity index (χ4n) is 3.20. The lowest BCUT2D eigenvalue weighted by atomic mass is 10.1. The van der Waals surface area contributed by atoms with Gasteiger partial charge in [-0.1, -0.05) is 29.8 Å². The molecular formula is C24H23NO3. The number of ketones is 1. The third-order valence-corrected chi connectivity index (χ3v) is 4.77. The Morgan fingerprint density at radius 1 is 0.893 bits per heavy atom. The topological polar surface area (TPSA) is 48.3 Å². The van der Waals surface area contributed by atoms with Crippen molar-refractivity contribution in [2.45, 2.75) is 20.8 Å². The third kappa shape index (κ3) is 3.96. The van der Waals surface area contributed by atoms with Crippen molar-refractivity contribution >= 4 is 17.8 Å². The quantitative estimate of drug-likeness (QED) is 0.356. The molecule has 0 amide bonds. The normalized spacial score (nSPS) is 11.0. The van der Waals surface area contributed by atoms with Gasteiger partial charge in [0.25, 0.3) is 0 Å². The maximum atomic E-state index is 12.4. The van der Waals surface area contributed by atoms with Crippen LogP contribution in [0.2, 0.25) is 0 Å². The molecule has 2 aromatic carbocycles. The van der Waals surface area contributed by atoms with Crippen LogP contribution < -0.4 is 0 Å². The molecule has 0 unspecified atom stereocenters. The summed E-state index contributed by atoms with van der Waals surface area (Å²) in [6.45, 7) is 6.02. The van der Waals surface area contributed by atoms with Gasteiger partial charge in [-0.2, -0.15) is 0 Å². The minimum absolute atomic E-state index is 0.0211. The smallest absolute Gasteiger partial charge is 0.337 e. The minimum Gasteiger partial charge on any atom is -0.465 e. The number of nitrogens with zero attached hydrogens (tertiary/aromatic N) is 1. The standard InChI is InChI=1S/C24H23NO3/c1-16-5-7-19(8-6-16)23(26)14-11-21-15-17(2)25(18(21)3)22-12-9-20(10-13-22)24(27)28-4/h5-15H,1-4H3/b14-11+. The second-order valence-corrected chi connectivity index (χ2v) is 6.76. The van der Waals surface area contributed by atoms with Crippen LogP contribution >= 0.6 is 0 Å². The maximum Gasteiger partial charge on any atom is 0.337 e. The molecule has 3 aromatic rings. The fraction of sp³-hybridized carbons (Fsp3) is 0.167. The van der Waals surface area contributed by atoms with Gasteiger partial charge in [-0.05, 0) is 68.8 Å². The molecule has 0 aliphatic carbocycles. The van der Waals surface area contributed by atoms with E-state index in [0.717, 1.165) is 28.2 Å². The summed E-state index contributed by atoms with van der Waals surface area (Å²) in [5.74, 6) is -0.377. The van der Waals surface area contributed by atoms with Gasteiger partial charge < -0.3 is 9.30 Å². The Morgan fingerprint density at radius 2 is 1.50 bits per heavy atom. The van der Waals surface area contributed by atoms with Crippen LogP contribution in [0.25, 0.3) is 11.8 Å². The predicted octanol–water partition coefficient (Wildman–Crippen LogP) is 5.09. The first-order valence-corrected chi connectivity index (χ1v) is 9.07. The van der Waals surface area contributed by atoms with E-state index >= 15 is 0 Å². The molecule has 0 aliphatic heterocycles. The average Bonchev–Trinajstić information content (AvgIpc) is 2.99. The van der Waals surface area contributed by atoms with Crippen LogP contribution in [-0.2, 0) is 4.74 Å². The molecule has 0 saturated carbocycles. The Labute approximate surface area is 165 Å². The number of aromatic nitrogens is 1. The largest absolute Gasteiger partial charge is 0.465 e. The highest BCUT2D eigenvalue weighted by molar-refractivity contribution is 6.06. The maximum absolute atomic E-state index is 12.4. The molecule has 3 rings (SSSR count). The number of ether oxygens (including phenoxy) is 1. The van der Waals surface area contributed by atoms with Crippen molar-refractivity contribution in [3.63, 3.8) is 0 Å². The summed E-state index contributed by atoms with van der Waals surface area (Å²) < 4.78 is 6.84. The SMILES string of the molecule is COC(=O)c1ccc(-n2c(C)cc(/C=C/C(=O)c3ccc(C)cc3)c2C)cc1. The number of rotatable bonds is 5. The van der Waals surface area contributed by atoms with Crippen LogP contribution in [0.4, 0.5) is 0 Å². The summed E-state index contributed by atoms with van der Waals surface area (Å²) in [6.07, 6.45) is 3.46. The van der Waals surface area contributed by atoms with Crippen molar-refractivity contribution in [3.8, 4) is 5.69 Å². The number of allylic oxidation sites excluding steroid dienone is 1. The Kier molecular flexibility index (Phi) is 5.59. The Bertz CT molecular complexity index is 1040. The molecule has 4 nitrogen and oxygen atoms in total. The zero-order valence-electron chi connectivity index (χ0n) is 16.5. The van der Waals surface area contributed by atoms with Crippen molar-refractivity contribution in [2.75, 3.05) is 7.11 Å². The number of carbonyl (C=O) groups excluding carboxylic acids is 2. The van der Waals surface area contributed by atoms with Crippen molar-refractivity contribution in [1.82, 2.24) is 4.57 Å². The van der Waals surface area contributed by atoms with Crippen molar-refractivity contribution in [1.29, 1.82) is 0 Å². The molecular weight excluding hydrogens is 350 g/mol. The minimum atomic E-state index is -0.356. The van der Waals surface area contributed by atoms with E-state index < -0.39 is 0 Å². The first kappa shape index (κ1) is 19.4. The van der Waals surface area contributed by atoms with E-state index in [1.807, 2.05) is 69.3 Å². The molecule has 28 heavy (non-hydrogen) atoms. The van der Waals surface area contributed by atoms with E-state index in [1.165, 1.54) is 7.11 Å². The summed E-state index contributed by atoms with van der Waals surface area (Å²) in [4.78, 5) is 24.0. The Balaban J connectivity index is 1.86. The lowest BCUT2D eigenvalue weighted by Crippen LogP contribution is -2.03. The molecule has 0 spiro atoms. The van der Waals surface area contributed by atoms with Gasteiger partial charge in [0.15, 0.2) is 5.78 Å². The van der Waals surface area contributed by atoms with E-state index in [-0.39, 0.29) is 11.8 Å². The number of hydrogen-bond acceptors (Lipinski definition) is 3. The zero-order chi connectivity index (χ0) is 20.3. The highest BCUT2D eigenvalue weighted by atomic mass is 16.5. The number of carbonyl (C=O) groups is 2. The monoisotopic (exact) mass is 373 g/mol. The average molecular weight is 373 g/mol. The number of esters is 1. The van der Waals surface area contributed by atoms with E-state index in [0.29, 0.717) is 11.1 Å². The van der Waals surface area contributed by atoms with Gasteiger partial charge in [-0.3, -0.25) is 4.79 Å². The van der Waals surface area contributed by atoms with Crippen molar-refractivity contribution in [3.05, 3.63) is 94.3 Å².